The molecule has 9 nitrogen and oxygen atoms in total. The lowest BCUT2D eigenvalue weighted by atomic mass is 10.0. The number of nitrogens with one attached hydrogen (secondary N) is 2. The Hall–Kier alpha value is -3.23. The predicted octanol–water partition coefficient (Wildman–Crippen LogP) is 0.225. The zero-order chi connectivity index (χ0) is 19.2. The van der Waals surface area contributed by atoms with E-state index in [9.17, 15) is 14.4 Å². The average Bonchev–Trinajstić information content (AvgIpc) is 3.14. The maximum absolute atomic E-state index is 12.5. The summed E-state index contributed by atoms with van der Waals surface area (Å²) in [5.41, 5.74) is 2.82. The molecule has 0 fully saturated rings. The number of hydrogen-bond donors (Lipinski definition) is 2. The number of aromatic nitrogens is 3. The second kappa shape index (κ2) is 8.43. The number of esters is 1. The molecule has 0 bridgehead atoms. The van der Waals surface area contributed by atoms with Gasteiger partial charge in [-0.15, -0.1) is 0 Å². The number of hydrogen-bond acceptors (Lipinski definition) is 6. The van der Waals surface area contributed by atoms with E-state index in [1.807, 2.05) is 12.1 Å². The van der Waals surface area contributed by atoms with Crippen molar-refractivity contribution in [3.8, 4) is 0 Å². The van der Waals surface area contributed by atoms with Crippen LogP contribution in [0.15, 0.2) is 24.5 Å². The van der Waals surface area contributed by atoms with Gasteiger partial charge in [0.2, 0.25) is 5.91 Å². The minimum Gasteiger partial charge on any atom is -0.468 e. The third-order valence-corrected chi connectivity index (χ3v) is 4.47. The Morgan fingerprint density at radius 2 is 2.22 bits per heavy atom. The minimum atomic E-state index is -0.529. The molecule has 0 radical (unpaired) electrons. The molecule has 2 N–H and O–H groups in total. The van der Waals surface area contributed by atoms with E-state index in [1.165, 1.54) is 7.11 Å². The molecule has 0 unspecified atom stereocenters. The molecule has 3 rings (SSSR count). The molecular weight excluding hydrogens is 350 g/mol. The van der Waals surface area contributed by atoms with Crippen LogP contribution in [-0.4, -0.2) is 58.1 Å². The number of nitrogens with zero attached hydrogens (tertiary/aromatic N) is 3. The maximum Gasteiger partial charge on any atom is 0.325 e. The topological polar surface area (TPSA) is 117 Å². The zero-order valence-electron chi connectivity index (χ0n) is 15.0. The first kappa shape index (κ1) is 18.6. The van der Waals surface area contributed by atoms with Gasteiger partial charge in [-0.3, -0.25) is 24.5 Å². The lowest BCUT2D eigenvalue weighted by molar-refractivity contribution is -0.139. The molecule has 27 heavy (non-hydrogen) atoms. The third-order valence-electron chi connectivity index (χ3n) is 4.47. The van der Waals surface area contributed by atoms with Crippen molar-refractivity contribution in [2.75, 3.05) is 20.2 Å². The molecule has 2 aromatic rings. The summed E-state index contributed by atoms with van der Waals surface area (Å²) in [6.45, 7) is 0.699. The molecule has 1 aliphatic rings. The number of ether oxygens (including phenoxy) is 1. The van der Waals surface area contributed by atoms with E-state index in [0.717, 1.165) is 16.8 Å². The van der Waals surface area contributed by atoms with Gasteiger partial charge < -0.3 is 15.0 Å². The van der Waals surface area contributed by atoms with Crippen molar-refractivity contribution >= 4 is 17.8 Å². The number of pyridine rings is 1. The van der Waals surface area contributed by atoms with Crippen LogP contribution in [-0.2, 0) is 33.7 Å². The van der Waals surface area contributed by atoms with Gasteiger partial charge in [0.05, 0.1) is 19.3 Å². The Kier molecular flexibility index (Phi) is 5.80. The van der Waals surface area contributed by atoms with Crippen molar-refractivity contribution in [3.05, 3.63) is 47.0 Å². The number of carbonyl (C=O) groups is 3. The fourth-order valence-corrected chi connectivity index (χ4v) is 2.98. The largest absolute Gasteiger partial charge is 0.468 e. The summed E-state index contributed by atoms with van der Waals surface area (Å²) < 4.78 is 4.50. The highest BCUT2D eigenvalue weighted by atomic mass is 16.5. The fraction of sp³-hybridized carbons (Fsp3) is 0.389. The lowest BCUT2D eigenvalue weighted by Gasteiger charge is -2.27. The molecule has 2 aromatic heterocycles. The minimum absolute atomic E-state index is 0.0517. The van der Waals surface area contributed by atoms with Crippen LogP contribution >= 0.6 is 0 Å². The van der Waals surface area contributed by atoms with Crippen molar-refractivity contribution in [2.24, 2.45) is 0 Å². The van der Waals surface area contributed by atoms with Crippen molar-refractivity contribution in [3.63, 3.8) is 0 Å². The molecule has 0 saturated heterocycles. The SMILES string of the molecule is COC(=O)CNC(=O)c1n[nH]c2c1CCN(C(=O)CCc1cccnc1)C2. The van der Waals surface area contributed by atoms with Gasteiger partial charge >= 0.3 is 5.97 Å². The van der Waals surface area contributed by atoms with E-state index in [4.69, 9.17) is 0 Å². The number of methoxy groups -OCH3 is 1. The van der Waals surface area contributed by atoms with E-state index in [0.29, 0.717) is 32.4 Å². The van der Waals surface area contributed by atoms with Crippen LogP contribution in [0.4, 0.5) is 0 Å². The molecule has 0 aromatic carbocycles. The van der Waals surface area contributed by atoms with Crippen molar-refractivity contribution in [1.29, 1.82) is 0 Å². The van der Waals surface area contributed by atoms with E-state index < -0.39 is 11.9 Å². The smallest absolute Gasteiger partial charge is 0.325 e. The first-order valence-electron chi connectivity index (χ1n) is 8.66. The standard InChI is InChI=1S/C18H21N5O4/c1-27-16(25)10-20-18(26)17-13-6-8-23(11-14(13)21-22-17)15(24)5-4-12-3-2-7-19-9-12/h2-3,7,9H,4-6,8,10-11H2,1H3,(H,20,26)(H,21,22). The summed E-state index contributed by atoms with van der Waals surface area (Å²) in [5.74, 6) is -0.914. The first-order valence-corrected chi connectivity index (χ1v) is 8.66. The van der Waals surface area contributed by atoms with Crippen molar-refractivity contribution in [1.82, 2.24) is 25.4 Å². The van der Waals surface area contributed by atoms with E-state index in [2.05, 4.69) is 25.2 Å². The fourth-order valence-electron chi connectivity index (χ4n) is 2.98. The second-order valence-electron chi connectivity index (χ2n) is 6.21. The number of aromatic amines is 1. The number of aryl methyl sites for hydroxylation is 1. The van der Waals surface area contributed by atoms with Gasteiger partial charge in [0.1, 0.15) is 6.54 Å². The van der Waals surface area contributed by atoms with Gasteiger partial charge in [0, 0.05) is 30.9 Å². The predicted molar refractivity (Wildman–Crippen MR) is 94.6 cm³/mol. The molecule has 9 heteroatoms. The van der Waals surface area contributed by atoms with Gasteiger partial charge in [0.15, 0.2) is 5.69 Å². The molecule has 0 saturated carbocycles. The molecule has 142 valence electrons. The Labute approximate surface area is 156 Å². The molecule has 2 amide bonds. The van der Waals surface area contributed by atoms with E-state index >= 15 is 0 Å². The first-order chi connectivity index (χ1) is 13.1. The second-order valence-corrected chi connectivity index (χ2v) is 6.21. The van der Waals surface area contributed by atoms with E-state index in [1.54, 1.807) is 17.3 Å². The number of amides is 2. The number of rotatable bonds is 6. The summed E-state index contributed by atoms with van der Waals surface area (Å²) in [4.78, 5) is 41.6. The summed E-state index contributed by atoms with van der Waals surface area (Å²) in [6, 6.07) is 3.80. The van der Waals surface area contributed by atoms with Crippen LogP contribution in [0, 0.1) is 0 Å². The van der Waals surface area contributed by atoms with Crippen LogP contribution in [0.5, 0.6) is 0 Å². The Balaban J connectivity index is 1.57. The molecular formula is C18H21N5O4. The molecule has 0 atom stereocenters. The maximum atomic E-state index is 12.5. The normalized spacial score (nSPS) is 13.0. The van der Waals surface area contributed by atoms with Gasteiger partial charge in [-0.25, -0.2) is 0 Å². The van der Waals surface area contributed by atoms with Gasteiger partial charge in [0.25, 0.3) is 5.91 Å². The van der Waals surface area contributed by atoms with Crippen molar-refractivity contribution < 1.29 is 19.1 Å². The third kappa shape index (κ3) is 4.49. The highest BCUT2D eigenvalue weighted by Crippen LogP contribution is 2.21. The lowest BCUT2D eigenvalue weighted by Crippen LogP contribution is -2.37. The van der Waals surface area contributed by atoms with Crippen LogP contribution in [0.25, 0.3) is 0 Å². The van der Waals surface area contributed by atoms with Crippen LogP contribution in [0.1, 0.15) is 33.7 Å². The molecule has 3 heterocycles. The van der Waals surface area contributed by atoms with Crippen molar-refractivity contribution in [2.45, 2.75) is 25.8 Å². The number of carbonyl (C=O) groups excluding carboxylic acids is 3. The quantitative estimate of drug-likeness (QED) is 0.702. The van der Waals surface area contributed by atoms with Crippen LogP contribution in [0.2, 0.25) is 0 Å². The summed E-state index contributed by atoms with van der Waals surface area (Å²) in [6.07, 6.45) is 5.04. The highest BCUT2D eigenvalue weighted by Gasteiger charge is 2.27. The van der Waals surface area contributed by atoms with Crippen LogP contribution in [0.3, 0.4) is 0 Å². The highest BCUT2D eigenvalue weighted by molar-refractivity contribution is 5.95. The summed E-state index contributed by atoms with van der Waals surface area (Å²) in [5, 5.41) is 9.37. The zero-order valence-corrected chi connectivity index (χ0v) is 15.0. The molecule has 0 aliphatic carbocycles. The Bertz CT molecular complexity index is 834. The van der Waals surface area contributed by atoms with E-state index in [-0.39, 0.29) is 18.1 Å². The molecule has 1 aliphatic heterocycles. The van der Waals surface area contributed by atoms with Crippen LogP contribution < -0.4 is 5.32 Å². The monoisotopic (exact) mass is 371 g/mol. The number of fused-ring (bicyclic) bond motifs is 1. The van der Waals surface area contributed by atoms with Gasteiger partial charge in [-0.1, -0.05) is 6.07 Å². The average molecular weight is 371 g/mol. The summed E-state index contributed by atoms with van der Waals surface area (Å²) in [7, 11) is 1.25. The van der Waals surface area contributed by atoms with Gasteiger partial charge in [-0.2, -0.15) is 5.10 Å². The molecule has 0 spiro atoms. The summed E-state index contributed by atoms with van der Waals surface area (Å²) >= 11 is 0. The Morgan fingerprint density at radius 1 is 1.37 bits per heavy atom. The Morgan fingerprint density at radius 3 is 2.96 bits per heavy atom. The number of H-pyrrole nitrogens is 1. The van der Waals surface area contributed by atoms with Gasteiger partial charge in [-0.05, 0) is 24.5 Å².